The largest absolute Gasteiger partial charge is 0.495 e. The zero-order valence-electron chi connectivity index (χ0n) is 15.7. The smallest absolute Gasteiger partial charge is 0.357 e. The molecular weight excluding hydrogens is 403 g/mol. The first-order valence-electron chi connectivity index (χ1n) is 8.32. The van der Waals surface area contributed by atoms with Gasteiger partial charge in [-0.3, -0.25) is 0 Å². The zero-order valence-corrected chi connectivity index (χ0v) is 16.5. The molecule has 2 aromatic carbocycles. The van der Waals surface area contributed by atoms with E-state index in [0.717, 1.165) is 20.3 Å². The molecular formula is C20H16ClFN2O5. The van der Waals surface area contributed by atoms with Gasteiger partial charge in [-0.1, -0.05) is 29.8 Å². The minimum Gasteiger partial charge on any atom is -0.495 e. The summed E-state index contributed by atoms with van der Waals surface area (Å²) < 4.78 is 30.7. The van der Waals surface area contributed by atoms with Crippen LogP contribution in [0.5, 0.6) is 5.75 Å². The Kier molecular flexibility index (Phi) is 5.84. The first kappa shape index (κ1) is 20.3. The molecule has 9 heteroatoms. The highest BCUT2D eigenvalue weighted by molar-refractivity contribution is 6.35. The lowest BCUT2D eigenvalue weighted by Crippen LogP contribution is -2.15. The Balaban J connectivity index is 2.44. The molecule has 0 aliphatic rings. The number of ether oxygens (including phenoxy) is 3. The third-order valence-corrected chi connectivity index (χ3v) is 4.54. The molecule has 1 aromatic heterocycles. The highest BCUT2D eigenvalue weighted by Crippen LogP contribution is 2.39. The number of nitrogens with zero attached hydrogens (tertiary/aromatic N) is 2. The van der Waals surface area contributed by atoms with E-state index in [9.17, 15) is 14.0 Å². The highest BCUT2D eigenvalue weighted by Gasteiger charge is 2.33. The van der Waals surface area contributed by atoms with Crippen molar-refractivity contribution in [3.8, 4) is 22.7 Å². The number of rotatable bonds is 5. The second-order valence-corrected chi connectivity index (χ2v) is 6.12. The molecule has 7 nitrogen and oxygen atoms in total. The summed E-state index contributed by atoms with van der Waals surface area (Å²) in [7, 11) is 3.66. The van der Waals surface area contributed by atoms with Crippen LogP contribution >= 0.6 is 11.6 Å². The number of carbonyl (C=O) groups excluding carboxylic acids is 2. The van der Waals surface area contributed by atoms with E-state index in [4.69, 9.17) is 25.8 Å². The van der Waals surface area contributed by atoms with Crippen molar-refractivity contribution in [3.63, 3.8) is 0 Å². The Bertz CT molecular complexity index is 1080. The Hall–Kier alpha value is -3.39. The standard InChI is InChI=1S/C20H16ClFN2O5/c1-27-13-10-9-12(22)14(16(13)21)17-15(19(25)28-2)18(20(26)29-3)24(23-17)11-7-5-4-6-8-11/h4-10H,1-3H3. The van der Waals surface area contributed by atoms with Crippen molar-refractivity contribution in [1.29, 1.82) is 0 Å². The Morgan fingerprint density at radius 2 is 1.66 bits per heavy atom. The quantitative estimate of drug-likeness (QED) is 0.584. The minimum absolute atomic E-state index is 0.105. The first-order valence-corrected chi connectivity index (χ1v) is 8.69. The molecule has 3 rings (SSSR count). The van der Waals surface area contributed by atoms with Gasteiger partial charge in [0.1, 0.15) is 22.8 Å². The fourth-order valence-electron chi connectivity index (χ4n) is 2.84. The minimum atomic E-state index is -0.902. The molecule has 0 radical (unpaired) electrons. The van der Waals surface area contributed by atoms with Gasteiger partial charge in [-0.05, 0) is 24.3 Å². The van der Waals surface area contributed by atoms with Crippen LogP contribution < -0.4 is 4.74 Å². The maximum Gasteiger partial charge on any atom is 0.357 e. The Labute approximate surface area is 170 Å². The number of para-hydroxylation sites is 1. The van der Waals surface area contributed by atoms with E-state index in [1.165, 1.54) is 17.9 Å². The van der Waals surface area contributed by atoms with Crippen molar-refractivity contribution in [2.24, 2.45) is 0 Å². The van der Waals surface area contributed by atoms with Crippen molar-refractivity contribution in [2.45, 2.75) is 0 Å². The number of hydrogen-bond donors (Lipinski definition) is 0. The van der Waals surface area contributed by atoms with E-state index in [0.29, 0.717) is 5.69 Å². The van der Waals surface area contributed by atoms with Gasteiger partial charge < -0.3 is 14.2 Å². The predicted molar refractivity (Wildman–Crippen MR) is 103 cm³/mol. The maximum atomic E-state index is 14.8. The molecule has 0 aliphatic heterocycles. The molecule has 0 spiro atoms. The van der Waals surface area contributed by atoms with Gasteiger partial charge in [0, 0.05) is 0 Å². The molecule has 0 unspecified atom stereocenters. The topological polar surface area (TPSA) is 79.7 Å². The number of halogens is 2. The molecule has 1 heterocycles. The lowest BCUT2D eigenvalue weighted by molar-refractivity contribution is 0.0549. The van der Waals surface area contributed by atoms with Crippen LogP contribution in [0, 0.1) is 5.82 Å². The van der Waals surface area contributed by atoms with Gasteiger partial charge in [0.05, 0.1) is 37.6 Å². The number of hydrogen-bond acceptors (Lipinski definition) is 6. The van der Waals surface area contributed by atoms with Crippen LogP contribution in [0.2, 0.25) is 5.02 Å². The van der Waals surface area contributed by atoms with Crippen LogP contribution in [0.25, 0.3) is 16.9 Å². The van der Waals surface area contributed by atoms with Gasteiger partial charge in [0.2, 0.25) is 0 Å². The normalized spacial score (nSPS) is 10.5. The summed E-state index contributed by atoms with van der Waals surface area (Å²) in [5.41, 5.74) is -0.437. The molecule has 0 saturated heterocycles. The fraction of sp³-hybridized carbons (Fsp3) is 0.150. The molecule has 0 fully saturated rings. The average molecular weight is 419 g/mol. The number of methoxy groups -OCH3 is 3. The van der Waals surface area contributed by atoms with Gasteiger partial charge in [-0.15, -0.1) is 0 Å². The Morgan fingerprint density at radius 3 is 2.24 bits per heavy atom. The number of benzene rings is 2. The SMILES string of the molecule is COC(=O)c1c(-c2c(F)ccc(OC)c2Cl)nn(-c2ccccc2)c1C(=O)OC. The lowest BCUT2D eigenvalue weighted by atomic mass is 10.0. The summed E-state index contributed by atoms with van der Waals surface area (Å²) in [4.78, 5) is 25.1. The molecule has 0 saturated carbocycles. The van der Waals surface area contributed by atoms with Crippen LogP contribution in [-0.2, 0) is 9.47 Å². The average Bonchev–Trinajstić information content (AvgIpc) is 3.13. The van der Waals surface area contributed by atoms with Crippen molar-refractivity contribution in [2.75, 3.05) is 21.3 Å². The fourth-order valence-corrected chi connectivity index (χ4v) is 3.16. The molecule has 3 aromatic rings. The third kappa shape index (κ3) is 3.54. The van der Waals surface area contributed by atoms with Crippen LogP contribution in [-0.4, -0.2) is 43.0 Å². The first-order chi connectivity index (χ1) is 13.9. The van der Waals surface area contributed by atoms with Crippen molar-refractivity contribution in [3.05, 3.63) is 64.6 Å². The summed E-state index contributed by atoms with van der Waals surface area (Å²) in [6, 6.07) is 11.0. The second kappa shape index (κ2) is 8.32. The maximum absolute atomic E-state index is 14.8. The van der Waals surface area contributed by atoms with Gasteiger partial charge in [0.15, 0.2) is 5.69 Å². The Morgan fingerprint density at radius 1 is 1.00 bits per heavy atom. The van der Waals surface area contributed by atoms with E-state index in [1.807, 2.05) is 0 Å². The summed E-state index contributed by atoms with van der Waals surface area (Å²) in [5, 5.41) is 4.22. The van der Waals surface area contributed by atoms with Crippen molar-refractivity contribution < 1.29 is 28.2 Å². The van der Waals surface area contributed by atoms with E-state index >= 15 is 0 Å². The van der Waals surface area contributed by atoms with Crippen LogP contribution in [0.3, 0.4) is 0 Å². The van der Waals surface area contributed by atoms with Crippen molar-refractivity contribution >= 4 is 23.5 Å². The monoisotopic (exact) mass is 418 g/mol. The van der Waals surface area contributed by atoms with E-state index < -0.39 is 17.8 Å². The number of carbonyl (C=O) groups is 2. The van der Waals surface area contributed by atoms with Gasteiger partial charge in [-0.25, -0.2) is 18.7 Å². The molecule has 29 heavy (non-hydrogen) atoms. The van der Waals surface area contributed by atoms with E-state index in [2.05, 4.69) is 5.10 Å². The predicted octanol–water partition coefficient (Wildman–Crippen LogP) is 3.91. The second-order valence-electron chi connectivity index (χ2n) is 5.74. The molecule has 0 atom stereocenters. The van der Waals surface area contributed by atoms with Crippen LogP contribution in [0.1, 0.15) is 20.8 Å². The van der Waals surface area contributed by atoms with Gasteiger partial charge in [0.25, 0.3) is 0 Å². The third-order valence-electron chi connectivity index (χ3n) is 4.17. The van der Waals surface area contributed by atoms with Gasteiger partial charge >= 0.3 is 11.9 Å². The lowest BCUT2D eigenvalue weighted by Gasteiger charge is -2.09. The summed E-state index contributed by atoms with van der Waals surface area (Å²) in [6.45, 7) is 0. The van der Waals surface area contributed by atoms with Crippen LogP contribution in [0.4, 0.5) is 4.39 Å². The molecule has 0 amide bonds. The molecule has 0 aliphatic carbocycles. The summed E-state index contributed by atoms with van der Waals surface area (Å²) >= 11 is 6.31. The van der Waals surface area contributed by atoms with Gasteiger partial charge in [-0.2, -0.15) is 5.10 Å². The summed E-state index contributed by atoms with van der Waals surface area (Å²) in [5.74, 6) is -2.34. The van der Waals surface area contributed by atoms with Crippen molar-refractivity contribution in [1.82, 2.24) is 9.78 Å². The van der Waals surface area contributed by atoms with Crippen LogP contribution in [0.15, 0.2) is 42.5 Å². The zero-order chi connectivity index (χ0) is 21.1. The van der Waals surface area contributed by atoms with E-state index in [-0.39, 0.29) is 33.3 Å². The number of esters is 2. The molecule has 0 bridgehead atoms. The van der Waals surface area contributed by atoms with E-state index in [1.54, 1.807) is 30.3 Å². The highest BCUT2D eigenvalue weighted by atomic mass is 35.5. The molecule has 0 N–H and O–H groups in total. The number of aromatic nitrogens is 2. The summed E-state index contributed by atoms with van der Waals surface area (Å²) in [6.07, 6.45) is 0. The molecule has 150 valence electrons.